The van der Waals surface area contributed by atoms with Gasteiger partial charge in [0.15, 0.2) is 0 Å². The fourth-order valence-electron chi connectivity index (χ4n) is 4.28. The lowest BCUT2D eigenvalue weighted by Crippen LogP contribution is -2.45. The second-order valence-electron chi connectivity index (χ2n) is 7.91. The molecule has 0 unspecified atom stereocenters. The highest BCUT2D eigenvalue weighted by Gasteiger charge is 2.29. The molecule has 0 radical (unpaired) electrons. The molecule has 0 atom stereocenters. The van der Waals surface area contributed by atoms with E-state index in [4.69, 9.17) is 0 Å². The van der Waals surface area contributed by atoms with Crippen molar-refractivity contribution in [2.24, 2.45) is 0 Å². The number of rotatable bonds is 5. The first-order valence-corrected chi connectivity index (χ1v) is 10.7. The van der Waals surface area contributed by atoms with E-state index in [0.29, 0.717) is 16.7 Å². The molecule has 31 heavy (non-hydrogen) atoms. The van der Waals surface area contributed by atoms with Crippen molar-refractivity contribution in [1.82, 2.24) is 9.55 Å². The number of hydrogen-bond acceptors (Lipinski definition) is 4. The molecule has 1 aliphatic rings. The molecule has 1 N–H and O–H groups in total. The zero-order chi connectivity index (χ0) is 21.8. The van der Waals surface area contributed by atoms with Crippen LogP contribution in [0.5, 0.6) is 0 Å². The average molecular weight is 418 g/mol. The molecular weight excluding hydrogens is 392 g/mol. The van der Waals surface area contributed by atoms with Gasteiger partial charge in [0, 0.05) is 18.7 Å². The van der Waals surface area contributed by atoms with E-state index < -0.39 is 5.56 Å². The first-order valence-electron chi connectivity index (χ1n) is 10.7. The van der Waals surface area contributed by atoms with Gasteiger partial charge >= 0.3 is 0 Å². The first kappa shape index (κ1) is 20.8. The van der Waals surface area contributed by atoms with Crippen molar-refractivity contribution in [2.45, 2.75) is 51.6 Å². The normalized spacial score (nSPS) is 14.4. The second kappa shape index (κ2) is 9.12. The number of carbonyl (C=O) groups excluding carboxylic acids is 2. The van der Waals surface area contributed by atoms with Crippen molar-refractivity contribution in [3.05, 3.63) is 65.0 Å². The molecule has 1 heterocycles. The van der Waals surface area contributed by atoms with Gasteiger partial charge in [-0.2, -0.15) is 0 Å². The van der Waals surface area contributed by atoms with E-state index >= 15 is 0 Å². The largest absolute Gasteiger partial charge is 0.325 e. The van der Waals surface area contributed by atoms with Gasteiger partial charge in [0.05, 0.1) is 11.0 Å². The van der Waals surface area contributed by atoms with Crippen LogP contribution in [0.1, 0.15) is 39.0 Å². The van der Waals surface area contributed by atoms with Gasteiger partial charge in [0.25, 0.3) is 5.56 Å². The molecule has 2 amide bonds. The predicted molar refractivity (Wildman–Crippen MR) is 121 cm³/mol. The summed E-state index contributed by atoms with van der Waals surface area (Å²) in [5, 5.41) is 2.82. The summed E-state index contributed by atoms with van der Waals surface area (Å²) in [6.07, 6.45) is 4.88. The number of anilines is 2. The minimum Gasteiger partial charge on any atom is -0.325 e. The summed E-state index contributed by atoms with van der Waals surface area (Å²) in [5.41, 5.74) is 1.37. The molecule has 0 spiro atoms. The second-order valence-corrected chi connectivity index (χ2v) is 7.91. The summed E-state index contributed by atoms with van der Waals surface area (Å²) in [6.45, 7) is 1.30. The van der Waals surface area contributed by atoms with Gasteiger partial charge in [0.1, 0.15) is 6.54 Å². The number of nitrogens with zero attached hydrogens (tertiary/aromatic N) is 3. The summed E-state index contributed by atoms with van der Waals surface area (Å²) in [7, 11) is 0. The van der Waals surface area contributed by atoms with Crippen molar-refractivity contribution < 1.29 is 9.59 Å². The van der Waals surface area contributed by atoms with Crippen molar-refractivity contribution in [1.29, 1.82) is 0 Å². The number of benzene rings is 2. The lowest BCUT2D eigenvalue weighted by molar-refractivity contribution is -0.117. The van der Waals surface area contributed by atoms with E-state index in [1.165, 1.54) is 11.5 Å². The van der Waals surface area contributed by atoms with Crippen LogP contribution in [0.25, 0.3) is 11.0 Å². The Morgan fingerprint density at radius 1 is 1.03 bits per heavy atom. The van der Waals surface area contributed by atoms with Crippen LogP contribution in [-0.2, 0) is 16.1 Å². The quantitative estimate of drug-likeness (QED) is 0.684. The van der Waals surface area contributed by atoms with Gasteiger partial charge in [-0.15, -0.1) is 0 Å². The van der Waals surface area contributed by atoms with Crippen LogP contribution in [-0.4, -0.2) is 27.4 Å². The molecule has 1 aliphatic carbocycles. The topological polar surface area (TPSA) is 84.3 Å². The highest BCUT2D eigenvalue weighted by molar-refractivity contribution is 5.93. The number of nitrogens with one attached hydrogen (secondary N) is 1. The van der Waals surface area contributed by atoms with E-state index in [9.17, 15) is 14.4 Å². The summed E-state index contributed by atoms with van der Waals surface area (Å²) >= 11 is 0. The summed E-state index contributed by atoms with van der Waals surface area (Å²) in [5.74, 6) is -0.416. The molecule has 2 aromatic carbocycles. The number of fused-ring (bicyclic) bond motifs is 1. The molecule has 4 rings (SSSR count). The number of aromatic nitrogens is 2. The fraction of sp³-hybridized carbons (Fsp3) is 0.333. The predicted octanol–water partition coefficient (Wildman–Crippen LogP) is 3.72. The van der Waals surface area contributed by atoms with Gasteiger partial charge in [-0.3, -0.25) is 23.9 Å². The van der Waals surface area contributed by atoms with Gasteiger partial charge < -0.3 is 5.32 Å². The Labute approximate surface area is 180 Å². The van der Waals surface area contributed by atoms with Crippen molar-refractivity contribution in [2.75, 3.05) is 10.2 Å². The van der Waals surface area contributed by atoms with E-state index in [1.54, 1.807) is 35.2 Å². The lowest BCUT2D eigenvalue weighted by Gasteiger charge is -2.32. The first-order chi connectivity index (χ1) is 15.0. The van der Waals surface area contributed by atoms with Gasteiger partial charge in [-0.05, 0) is 37.1 Å². The van der Waals surface area contributed by atoms with Crippen LogP contribution in [0.2, 0.25) is 0 Å². The van der Waals surface area contributed by atoms with E-state index in [1.807, 2.05) is 24.3 Å². The summed E-state index contributed by atoms with van der Waals surface area (Å²) in [6, 6.07) is 16.3. The monoisotopic (exact) mass is 418 g/mol. The third kappa shape index (κ3) is 4.50. The minimum atomic E-state index is -0.428. The Bertz CT molecular complexity index is 1150. The molecule has 7 heteroatoms. The molecule has 1 saturated carbocycles. The third-order valence-corrected chi connectivity index (χ3v) is 5.70. The van der Waals surface area contributed by atoms with E-state index in [-0.39, 0.29) is 30.2 Å². The van der Waals surface area contributed by atoms with Crippen LogP contribution in [0, 0.1) is 0 Å². The molecule has 3 aromatic rings. The molecule has 0 aliphatic heterocycles. The zero-order valence-corrected chi connectivity index (χ0v) is 17.6. The van der Waals surface area contributed by atoms with Crippen molar-refractivity contribution >= 4 is 34.4 Å². The standard InChI is InChI=1S/C24H26N4O3/c1-17(29)28(19-12-6-3-7-13-19)23-24(31)27(21-15-9-8-14-20(21)26-23)16-22(30)25-18-10-4-2-5-11-18/h2,4-5,8-11,14-15,19H,3,6-7,12-13,16H2,1H3,(H,25,30). The average Bonchev–Trinajstić information content (AvgIpc) is 2.78. The highest BCUT2D eigenvalue weighted by Crippen LogP contribution is 2.26. The Kier molecular flexibility index (Phi) is 6.11. The molecule has 1 aromatic heterocycles. The summed E-state index contributed by atoms with van der Waals surface area (Å²) < 4.78 is 1.41. The van der Waals surface area contributed by atoms with Gasteiger partial charge in [0.2, 0.25) is 17.6 Å². The Balaban J connectivity index is 1.75. The van der Waals surface area contributed by atoms with Crippen LogP contribution in [0.15, 0.2) is 59.4 Å². The molecule has 0 saturated heterocycles. The highest BCUT2D eigenvalue weighted by atomic mass is 16.2. The SMILES string of the molecule is CC(=O)N(c1nc2ccccc2n(CC(=O)Nc2ccccc2)c1=O)C1CCCCC1. The number of para-hydroxylation sites is 3. The Morgan fingerprint density at radius 2 is 1.71 bits per heavy atom. The number of amides is 2. The third-order valence-electron chi connectivity index (χ3n) is 5.70. The maximum Gasteiger partial charge on any atom is 0.294 e. The van der Waals surface area contributed by atoms with E-state index in [0.717, 1.165) is 32.1 Å². The Hall–Kier alpha value is -3.48. The summed E-state index contributed by atoms with van der Waals surface area (Å²) in [4.78, 5) is 44.9. The zero-order valence-electron chi connectivity index (χ0n) is 17.6. The lowest BCUT2D eigenvalue weighted by atomic mass is 9.94. The van der Waals surface area contributed by atoms with Gasteiger partial charge in [-0.25, -0.2) is 4.98 Å². The van der Waals surface area contributed by atoms with Crippen LogP contribution < -0.4 is 15.8 Å². The smallest absolute Gasteiger partial charge is 0.294 e. The molecule has 160 valence electrons. The number of hydrogen-bond donors (Lipinski definition) is 1. The van der Waals surface area contributed by atoms with Crippen LogP contribution in [0.4, 0.5) is 11.5 Å². The molecule has 7 nitrogen and oxygen atoms in total. The molecular formula is C24H26N4O3. The maximum absolute atomic E-state index is 13.5. The van der Waals surface area contributed by atoms with Gasteiger partial charge in [-0.1, -0.05) is 49.6 Å². The van der Waals surface area contributed by atoms with Crippen molar-refractivity contribution in [3.63, 3.8) is 0 Å². The van der Waals surface area contributed by atoms with E-state index in [2.05, 4.69) is 10.3 Å². The minimum absolute atomic E-state index is 0.0424. The van der Waals surface area contributed by atoms with Crippen LogP contribution in [0.3, 0.4) is 0 Å². The molecule has 1 fully saturated rings. The van der Waals surface area contributed by atoms with Crippen molar-refractivity contribution in [3.8, 4) is 0 Å². The Morgan fingerprint density at radius 3 is 2.42 bits per heavy atom. The molecule has 0 bridgehead atoms. The number of carbonyl (C=O) groups is 2. The maximum atomic E-state index is 13.5. The van der Waals surface area contributed by atoms with Crippen LogP contribution >= 0.6 is 0 Å². The fourth-order valence-corrected chi connectivity index (χ4v) is 4.28.